The van der Waals surface area contributed by atoms with Crippen molar-refractivity contribution in [3.8, 4) is 5.75 Å². The van der Waals surface area contributed by atoms with Gasteiger partial charge in [-0.1, -0.05) is 41.4 Å². The third-order valence-corrected chi connectivity index (χ3v) is 9.91. The van der Waals surface area contributed by atoms with Gasteiger partial charge < -0.3 is 10.1 Å². The second kappa shape index (κ2) is 11.1. The molecule has 0 aromatic heterocycles. The van der Waals surface area contributed by atoms with Crippen LogP contribution in [0.25, 0.3) is 0 Å². The molecule has 1 atom stereocenters. The number of rotatable bonds is 7. The summed E-state index contributed by atoms with van der Waals surface area (Å²) in [5.41, 5.74) is 2.90. The van der Waals surface area contributed by atoms with Crippen molar-refractivity contribution >= 4 is 54.6 Å². The fourth-order valence-corrected chi connectivity index (χ4v) is 7.10. The molecule has 5 rings (SSSR count). The number of aryl methyl sites for hydroxylation is 2. The normalized spacial score (nSPS) is 15.0. The first-order chi connectivity index (χ1) is 19.4. The molecule has 0 fully saturated rings. The van der Waals surface area contributed by atoms with Crippen LogP contribution in [-0.2, 0) is 24.8 Å². The molecule has 0 saturated heterocycles. The zero-order chi connectivity index (χ0) is 29.4. The first-order valence-corrected chi connectivity index (χ1v) is 15.8. The molecule has 0 aliphatic carbocycles. The molecular weight excluding hydrogens is 586 g/mol. The van der Waals surface area contributed by atoms with Crippen molar-refractivity contribution in [2.75, 3.05) is 20.9 Å². The predicted octanol–water partition coefficient (Wildman–Crippen LogP) is 5.35. The Labute approximate surface area is 243 Å². The summed E-state index contributed by atoms with van der Waals surface area (Å²) in [5, 5.41) is 3.08. The molecule has 41 heavy (non-hydrogen) atoms. The minimum Gasteiger partial charge on any atom is -0.476 e. The van der Waals surface area contributed by atoms with E-state index in [9.17, 15) is 21.6 Å². The molecule has 0 radical (unpaired) electrons. The number of carbonyl (C=O) groups is 1. The number of fused-ring (bicyclic) bond motifs is 1. The zero-order valence-corrected chi connectivity index (χ0v) is 24.4. The second-order valence-corrected chi connectivity index (χ2v) is 13.5. The Hall–Kier alpha value is -4.06. The van der Waals surface area contributed by atoms with E-state index in [0.29, 0.717) is 22.1 Å². The average molecular weight is 612 g/mol. The Kier molecular flexibility index (Phi) is 7.69. The topological polar surface area (TPSA) is 122 Å². The van der Waals surface area contributed by atoms with Crippen LogP contribution in [0.1, 0.15) is 11.1 Å². The van der Waals surface area contributed by atoms with Gasteiger partial charge in [0.25, 0.3) is 26.0 Å². The lowest BCUT2D eigenvalue weighted by Crippen LogP contribution is -2.48. The van der Waals surface area contributed by atoms with Crippen LogP contribution in [-0.4, -0.2) is 35.4 Å². The Morgan fingerprint density at radius 1 is 0.878 bits per heavy atom. The largest absolute Gasteiger partial charge is 0.476 e. The van der Waals surface area contributed by atoms with E-state index in [0.717, 1.165) is 15.4 Å². The number of benzene rings is 4. The lowest BCUT2D eigenvalue weighted by Gasteiger charge is -2.34. The van der Waals surface area contributed by atoms with Gasteiger partial charge in [0, 0.05) is 10.7 Å². The van der Waals surface area contributed by atoms with Crippen LogP contribution in [0.3, 0.4) is 0 Å². The van der Waals surface area contributed by atoms with Crippen molar-refractivity contribution in [3.63, 3.8) is 0 Å². The third-order valence-electron chi connectivity index (χ3n) is 6.49. The van der Waals surface area contributed by atoms with E-state index in [1.54, 1.807) is 30.3 Å². The van der Waals surface area contributed by atoms with E-state index in [2.05, 4.69) is 10.0 Å². The highest BCUT2D eigenvalue weighted by atomic mass is 35.5. The van der Waals surface area contributed by atoms with E-state index in [4.69, 9.17) is 16.3 Å². The van der Waals surface area contributed by atoms with Gasteiger partial charge in [0.1, 0.15) is 5.75 Å². The molecule has 0 spiro atoms. The average Bonchev–Trinajstić information content (AvgIpc) is 2.94. The van der Waals surface area contributed by atoms with Gasteiger partial charge in [0.05, 0.1) is 27.7 Å². The lowest BCUT2D eigenvalue weighted by atomic mass is 10.1. The van der Waals surface area contributed by atoms with Gasteiger partial charge in [0.15, 0.2) is 6.10 Å². The number of ether oxygens (including phenoxy) is 1. The van der Waals surface area contributed by atoms with Crippen LogP contribution in [0.2, 0.25) is 5.02 Å². The fraction of sp³-hybridized carbons (Fsp3) is 0.138. The van der Waals surface area contributed by atoms with Crippen molar-refractivity contribution in [2.24, 2.45) is 0 Å². The molecular formula is C29H26ClN3O6S2. The number of amides is 1. The minimum absolute atomic E-state index is 0.0125. The van der Waals surface area contributed by atoms with Gasteiger partial charge in [-0.2, -0.15) is 0 Å². The molecule has 212 valence electrons. The summed E-state index contributed by atoms with van der Waals surface area (Å²) in [6, 6.07) is 23.3. The Balaban J connectivity index is 1.34. The third kappa shape index (κ3) is 6.02. The van der Waals surface area contributed by atoms with E-state index in [-0.39, 0.29) is 22.1 Å². The predicted molar refractivity (Wildman–Crippen MR) is 159 cm³/mol. The van der Waals surface area contributed by atoms with Gasteiger partial charge >= 0.3 is 0 Å². The molecule has 0 bridgehead atoms. The highest BCUT2D eigenvalue weighted by Crippen LogP contribution is 2.37. The summed E-state index contributed by atoms with van der Waals surface area (Å²) >= 11 is 5.93. The molecule has 12 heteroatoms. The van der Waals surface area contributed by atoms with Crippen molar-refractivity contribution in [1.29, 1.82) is 0 Å². The van der Waals surface area contributed by atoms with Crippen LogP contribution in [0.15, 0.2) is 101 Å². The summed E-state index contributed by atoms with van der Waals surface area (Å²) < 4.78 is 62.4. The number of sulfonamides is 2. The smallest absolute Gasteiger partial charge is 0.267 e. The quantitative estimate of drug-likeness (QED) is 0.290. The Bertz CT molecular complexity index is 1830. The van der Waals surface area contributed by atoms with Crippen LogP contribution in [0, 0.1) is 13.8 Å². The van der Waals surface area contributed by atoms with E-state index in [1.807, 2.05) is 26.0 Å². The molecule has 1 unspecified atom stereocenters. The molecule has 1 aliphatic heterocycles. The first-order valence-electron chi connectivity index (χ1n) is 12.5. The van der Waals surface area contributed by atoms with Gasteiger partial charge in [0.2, 0.25) is 0 Å². The number of anilines is 3. The molecule has 1 heterocycles. The maximum Gasteiger partial charge on any atom is 0.267 e. The number of hydrogen-bond acceptors (Lipinski definition) is 6. The van der Waals surface area contributed by atoms with Gasteiger partial charge in [-0.15, -0.1) is 0 Å². The van der Waals surface area contributed by atoms with E-state index >= 15 is 0 Å². The molecule has 4 aromatic carbocycles. The SMILES string of the molecule is Cc1ccc(NS(=O)(=O)c2ccc(NC(=O)C3CN(S(=O)(=O)c4ccc(Cl)cc4)c4ccccc4O3)cc2)c(C)c1. The summed E-state index contributed by atoms with van der Waals surface area (Å²) in [4.78, 5) is 13.2. The number of carbonyl (C=O) groups excluding carboxylic acids is 1. The lowest BCUT2D eigenvalue weighted by molar-refractivity contribution is -0.122. The number of nitrogens with zero attached hydrogens (tertiary/aromatic N) is 1. The zero-order valence-electron chi connectivity index (χ0n) is 22.0. The van der Waals surface area contributed by atoms with Crippen molar-refractivity contribution in [3.05, 3.63) is 107 Å². The van der Waals surface area contributed by atoms with Crippen molar-refractivity contribution in [2.45, 2.75) is 29.7 Å². The highest BCUT2D eigenvalue weighted by Gasteiger charge is 2.37. The number of para-hydroxylation sites is 2. The maximum absolute atomic E-state index is 13.5. The maximum atomic E-state index is 13.5. The number of hydrogen-bond donors (Lipinski definition) is 2. The summed E-state index contributed by atoms with van der Waals surface area (Å²) in [7, 11) is -7.91. The van der Waals surface area contributed by atoms with E-state index < -0.39 is 32.1 Å². The van der Waals surface area contributed by atoms with Gasteiger partial charge in [-0.25, -0.2) is 16.8 Å². The summed E-state index contributed by atoms with van der Waals surface area (Å²) in [5.74, 6) is -0.366. The fourth-order valence-electron chi connectivity index (χ4n) is 4.37. The van der Waals surface area contributed by atoms with Crippen molar-refractivity contribution < 1.29 is 26.4 Å². The van der Waals surface area contributed by atoms with Gasteiger partial charge in [-0.3, -0.25) is 13.8 Å². The monoisotopic (exact) mass is 611 g/mol. The van der Waals surface area contributed by atoms with Gasteiger partial charge in [-0.05, 0) is 86.1 Å². The Morgan fingerprint density at radius 2 is 1.54 bits per heavy atom. The first kappa shape index (κ1) is 28.5. The number of halogens is 1. The second-order valence-electron chi connectivity index (χ2n) is 9.50. The standard InChI is InChI=1S/C29H26ClN3O6S2/c1-19-7-16-25(20(2)17-19)32-40(35,36)23-14-10-22(11-15-23)31-29(34)28-18-33(26-5-3-4-6-27(26)39-28)41(37,38)24-12-8-21(30)9-13-24/h3-17,28,32H,18H2,1-2H3,(H,31,34). The van der Waals surface area contributed by atoms with Crippen LogP contribution in [0.4, 0.5) is 17.1 Å². The molecule has 0 saturated carbocycles. The number of nitrogens with one attached hydrogen (secondary N) is 2. The van der Waals surface area contributed by atoms with Crippen LogP contribution in [0.5, 0.6) is 5.75 Å². The Morgan fingerprint density at radius 3 is 2.22 bits per heavy atom. The minimum atomic E-state index is -4.04. The van der Waals surface area contributed by atoms with Crippen LogP contribution >= 0.6 is 11.6 Å². The van der Waals surface area contributed by atoms with E-state index in [1.165, 1.54) is 48.5 Å². The van der Waals surface area contributed by atoms with Crippen LogP contribution < -0.4 is 19.1 Å². The molecule has 4 aromatic rings. The molecule has 1 aliphatic rings. The highest BCUT2D eigenvalue weighted by molar-refractivity contribution is 7.93. The summed E-state index contributed by atoms with van der Waals surface area (Å²) in [6.07, 6.45) is -1.18. The molecule has 9 nitrogen and oxygen atoms in total. The molecule has 2 N–H and O–H groups in total. The molecule has 1 amide bonds. The van der Waals surface area contributed by atoms with Crippen molar-refractivity contribution in [1.82, 2.24) is 0 Å². The summed E-state index contributed by atoms with van der Waals surface area (Å²) in [6.45, 7) is 3.46.